The van der Waals surface area contributed by atoms with Crippen molar-refractivity contribution in [1.82, 2.24) is 0 Å². The molecule has 0 aromatic heterocycles. The van der Waals surface area contributed by atoms with Crippen LogP contribution in [0.15, 0.2) is 52.4 Å². The van der Waals surface area contributed by atoms with Crippen LogP contribution >= 0.6 is 0 Å². The minimum absolute atomic E-state index is 0.361. The number of carbonyl (C=O) groups excluding carboxylic acids is 2. The van der Waals surface area contributed by atoms with Crippen molar-refractivity contribution in [2.24, 2.45) is 10.8 Å². The fourth-order valence-corrected chi connectivity index (χ4v) is 20.0. The van der Waals surface area contributed by atoms with Crippen molar-refractivity contribution in [2.45, 2.75) is 62.6 Å². The first-order chi connectivity index (χ1) is 14.3. The van der Waals surface area contributed by atoms with E-state index < -0.39 is 23.1 Å². The maximum absolute atomic E-state index is 13.7. The summed E-state index contributed by atoms with van der Waals surface area (Å²) in [5.74, 6) is -0.721. The summed E-state index contributed by atoms with van der Waals surface area (Å²) in [5, 5.41) is 3.97. The number of allylic oxidation sites excluding steroid dienone is 5. The van der Waals surface area contributed by atoms with Crippen LogP contribution in [-0.4, -0.2) is 19.6 Å². The molecular weight excluding hydrogens is 452 g/mol. The molecule has 0 spiro atoms. The predicted molar refractivity (Wildman–Crippen MR) is 131 cm³/mol. The van der Waals surface area contributed by atoms with Gasteiger partial charge in [0.1, 0.15) is 0 Å². The molecule has 0 saturated carbocycles. The van der Waals surface area contributed by atoms with Crippen LogP contribution in [0.2, 0.25) is 10.5 Å². The fourth-order valence-electron chi connectivity index (χ4n) is 5.03. The average Bonchev–Trinajstić information content (AvgIpc) is 3.31. The van der Waals surface area contributed by atoms with E-state index in [1.54, 1.807) is 7.63 Å². The van der Waals surface area contributed by atoms with E-state index in [1.165, 1.54) is 0 Å². The maximum atomic E-state index is 13.7. The van der Waals surface area contributed by atoms with Gasteiger partial charge in [-0.3, -0.25) is 0 Å². The SMILES string of the molecule is CC(C)(C)C(=O)[O][Ti]([CH3])([CH3])(=[SiH2])([O]C(=O)C(C)(C)C)([C]1=CC=CC1)[CH]1C=Cc2ccccc21. The van der Waals surface area contributed by atoms with Crippen molar-refractivity contribution in [3.05, 3.63) is 63.6 Å². The van der Waals surface area contributed by atoms with E-state index in [-0.39, 0.29) is 16.2 Å². The second-order valence-electron chi connectivity index (χ2n) is 13.5. The molecule has 0 amide bonds. The van der Waals surface area contributed by atoms with E-state index in [1.807, 2.05) is 82.4 Å². The zero-order valence-corrected chi connectivity index (χ0v) is 23.8. The molecule has 2 aliphatic rings. The Bertz CT molecular complexity index is 1200. The molecule has 0 heterocycles. The molecule has 174 valence electrons. The summed E-state index contributed by atoms with van der Waals surface area (Å²) in [6.45, 7) is 11.0. The van der Waals surface area contributed by atoms with Gasteiger partial charge in [0.25, 0.3) is 0 Å². The molecule has 4 nitrogen and oxygen atoms in total. The molecule has 1 atom stereocenters. The molecular formula is C26H38O4SiTi. The van der Waals surface area contributed by atoms with Crippen molar-refractivity contribution in [3.63, 3.8) is 0 Å². The molecule has 0 fully saturated rings. The normalized spacial score (nSPS) is 21.6. The molecule has 0 bridgehead atoms. The Balaban J connectivity index is 2.49. The Kier molecular flexibility index (Phi) is 4.87. The molecule has 1 unspecified atom stereocenters. The Morgan fingerprint density at radius 1 is 0.969 bits per heavy atom. The summed E-state index contributed by atoms with van der Waals surface area (Å²) in [4.78, 5) is 27.4. The van der Waals surface area contributed by atoms with Crippen molar-refractivity contribution < 1.29 is 28.5 Å². The molecule has 1 aromatic rings. The fraction of sp³-hybridized carbons (Fsp3) is 0.462. The summed E-state index contributed by atoms with van der Waals surface area (Å²) < 4.78 is 14.3. The van der Waals surface area contributed by atoms with E-state index in [9.17, 15) is 9.59 Å². The van der Waals surface area contributed by atoms with Crippen LogP contribution in [0.4, 0.5) is 0 Å². The van der Waals surface area contributed by atoms with Gasteiger partial charge in [0.2, 0.25) is 0 Å². The number of carbonyl (C=O) groups is 2. The van der Waals surface area contributed by atoms with Crippen LogP contribution in [-0.2, 0) is 28.5 Å². The molecule has 0 N–H and O–H groups in total. The predicted octanol–water partition coefficient (Wildman–Crippen LogP) is 6.01. The van der Waals surface area contributed by atoms with Crippen LogP contribution in [0.5, 0.6) is 0 Å². The molecule has 0 saturated heterocycles. The van der Waals surface area contributed by atoms with E-state index in [0.29, 0.717) is 6.42 Å². The second kappa shape index (κ2) is 6.25. The van der Waals surface area contributed by atoms with Gasteiger partial charge in [0.05, 0.1) is 0 Å². The molecule has 3 rings (SSSR count). The van der Waals surface area contributed by atoms with Crippen LogP contribution < -0.4 is 0 Å². The first-order valence-corrected chi connectivity index (χ1v) is 21.5. The number of hydrogen-bond acceptors (Lipinski definition) is 4. The van der Waals surface area contributed by atoms with Gasteiger partial charge >= 0.3 is 191 Å². The number of hydrogen-bond donors (Lipinski definition) is 0. The van der Waals surface area contributed by atoms with Gasteiger partial charge < -0.3 is 0 Å². The van der Waals surface area contributed by atoms with Crippen LogP contribution in [0.1, 0.15) is 63.3 Å². The van der Waals surface area contributed by atoms with Gasteiger partial charge in [-0.25, -0.2) is 0 Å². The van der Waals surface area contributed by atoms with Crippen molar-refractivity contribution in [2.75, 3.05) is 0 Å². The Morgan fingerprint density at radius 2 is 1.50 bits per heavy atom. The third-order valence-electron chi connectivity index (χ3n) is 7.40. The van der Waals surface area contributed by atoms with Crippen LogP contribution in [0.25, 0.3) is 6.08 Å². The number of rotatable bonds is 4. The zero-order chi connectivity index (χ0) is 24.3. The third-order valence-corrected chi connectivity index (χ3v) is 24.9. The standard InChI is InChI=1S/C9H7.2C5H10O2.C5H5.2CH3.H2Si.Ti/c1-2-5-9-7-3-6-8(9)4-1;2*1-5(2,3)4(6)7;1-2-4-5-3-1;;;;/h1-7H;2*1-3H3,(H,6,7);1-3H,4H2;2*1H3;1H2;/q;;;;;;;+2/p-2. The zero-order valence-electron chi connectivity index (χ0n) is 20.8. The Hall–Kier alpha value is -1.69. The van der Waals surface area contributed by atoms with Gasteiger partial charge in [-0.2, -0.15) is 0 Å². The van der Waals surface area contributed by atoms with E-state index in [4.69, 9.17) is 6.64 Å². The van der Waals surface area contributed by atoms with Gasteiger partial charge in [0.15, 0.2) is 0 Å². The number of fused-ring (bicyclic) bond motifs is 1. The van der Waals surface area contributed by atoms with Crippen molar-refractivity contribution in [1.29, 1.82) is 0 Å². The topological polar surface area (TPSA) is 52.6 Å². The van der Waals surface area contributed by atoms with Gasteiger partial charge in [-0.05, 0) is 0 Å². The summed E-state index contributed by atoms with van der Waals surface area (Å²) in [7, 11) is 1.65. The summed E-state index contributed by atoms with van der Waals surface area (Å²) in [6, 6.07) is 8.09. The minimum atomic E-state index is -6.23. The molecule has 6 heteroatoms. The Labute approximate surface area is 190 Å². The van der Waals surface area contributed by atoms with E-state index in [0.717, 1.165) is 15.0 Å². The molecule has 1 aromatic carbocycles. The summed E-state index contributed by atoms with van der Waals surface area (Å²) >= 11 is -6.23. The van der Waals surface area contributed by atoms with Crippen LogP contribution in [0.3, 0.4) is 0 Å². The van der Waals surface area contributed by atoms with E-state index >= 15 is 0 Å². The van der Waals surface area contributed by atoms with Crippen molar-refractivity contribution in [3.8, 4) is 0 Å². The van der Waals surface area contributed by atoms with Gasteiger partial charge in [0, 0.05) is 0 Å². The average molecular weight is 491 g/mol. The first kappa shape index (κ1) is 24.9. The number of benzene rings is 1. The summed E-state index contributed by atoms with van der Waals surface area (Å²) in [5.41, 5.74) is 0.551. The molecule has 0 aliphatic heterocycles. The summed E-state index contributed by atoms with van der Waals surface area (Å²) in [6.07, 6.45) is 10.7. The molecule has 0 radical (unpaired) electrons. The molecule has 2 aliphatic carbocycles. The molecule has 32 heavy (non-hydrogen) atoms. The van der Waals surface area contributed by atoms with Crippen molar-refractivity contribution >= 4 is 25.6 Å². The second-order valence-corrected chi connectivity index (χ2v) is 41.3. The third kappa shape index (κ3) is 3.53. The quantitative estimate of drug-likeness (QED) is 0.485. The van der Waals surface area contributed by atoms with Gasteiger partial charge in [-0.1, -0.05) is 0 Å². The van der Waals surface area contributed by atoms with Crippen LogP contribution in [0, 0.1) is 10.8 Å². The monoisotopic (exact) mass is 490 g/mol. The van der Waals surface area contributed by atoms with Gasteiger partial charge in [-0.15, -0.1) is 0 Å². The first-order valence-electron chi connectivity index (χ1n) is 11.4. The Morgan fingerprint density at radius 3 is 1.97 bits per heavy atom. The van der Waals surface area contributed by atoms with E-state index in [2.05, 4.69) is 24.3 Å².